The van der Waals surface area contributed by atoms with E-state index in [-0.39, 0.29) is 11.5 Å². The minimum atomic E-state index is -4.58. The summed E-state index contributed by atoms with van der Waals surface area (Å²) < 4.78 is 40.3. The molecule has 0 unspecified atom stereocenters. The number of esters is 1. The van der Waals surface area contributed by atoms with E-state index >= 15 is 0 Å². The highest BCUT2D eigenvalue weighted by molar-refractivity contribution is 8.14. The molecular weight excluding hydrogens is 293 g/mol. The van der Waals surface area contributed by atoms with Gasteiger partial charge in [-0.05, 0) is 12.0 Å². The van der Waals surface area contributed by atoms with Crippen molar-refractivity contribution in [1.82, 2.24) is 0 Å². The van der Waals surface area contributed by atoms with Gasteiger partial charge in [0.2, 0.25) is 0 Å². The van der Waals surface area contributed by atoms with E-state index in [0.717, 1.165) is 5.56 Å². The summed E-state index contributed by atoms with van der Waals surface area (Å²) in [7, 11) is 0. The maximum atomic E-state index is 12.0. The number of rotatable bonds is 5. The standard InChI is InChI=1S/C13H13F3O3S/c1-9(17)20-11(7-10-5-3-2-4-6-10)12(18)19-8-13(14,15)16/h2-6,11H,7-8H2,1H3/t11-/m1/s1. The van der Waals surface area contributed by atoms with Gasteiger partial charge in [-0.25, -0.2) is 0 Å². The van der Waals surface area contributed by atoms with Crippen molar-refractivity contribution in [2.24, 2.45) is 0 Å². The molecule has 0 aliphatic rings. The number of hydrogen-bond donors (Lipinski definition) is 0. The van der Waals surface area contributed by atoms with Crippen molar-refractivity contribution in [3.63, 3.8) is 0 Å². The van der Waals surface area contributed by atoms with E-state index < -0.39 is 24.0 Å². The number of hydrogen-bond acceptors (Lipinski definition) is 4. The van der Waals surface area contributed by atoms with Crippen LogP contribution in [0.15, 0.2) is 30.3 Å². The molecule has 0 heterocycles. The van der Waals surface area contributed by atoms with Crippen molar-refractivity contribution in [2.75, 3.05) is 6.61 Å². The molecule has 0 amide bonds. The first kappa shape index (κ1) is 16.6. The molecule has 0 radical (unpaired) electrons. The smallest absolute Gasteiger partial charge is 0.422 e. The van der Waals surface area contributed by atoms with Crippen molar-refractivity contribution < 1.29 is 27.5 Å². The first-order valence-electron chi connectivity index (χ1n) is 5.72. The molecule has 0 aromatic heterocycles. The summed E-state index contributed by atoms with van der Waals surface area (Å²) in [5.41, 5.74) is 0.746. The van der Waals surface area contributed by atoms with Gasteiger partial charge in [0.05, 0.1) is 0 Å². The van der Waals surface area contributed by atoms with Gasteiger partial charge in [0.1, 0.15) is 5.25 Å². The fraction of sp³-hybridized carbons (Fsp3) is 0.385. The lowest BCUT2D eigenvalue weighted by Crippen LogP contribution is -2.28. The van der Waals surface area contributed by atoms with Crippen LogP contribution in [0.25, 0.3) is 0 Å². The quantitative estimate of drug-likeness (QED) is 0.784. The van der Waals surface area contributed by atoms with Gasteiger partial charge in [-0.1, -0.05) is 42.1 Å². The van der Waals surface area contributed by atoms with Gasteiger partial charge in [0.15, 0.2) is 11.7 Å². The van der Waals surface area contributed by atoms with Gasteiger partial charge in [-0.3, -0.25) is 9.59 Å². The fourth-order valence-corrected chi connectivity index (χ4v) is 2.29. The van der Waals surface area contributed by atoms with Crippen LogP contribution in [0, 0.1) is 0 Å². The Kier molecular flexibility index (Phi) is 6.06. The minimum absolute atomic E-state index is 0.141. The molecule has 0 N–H and O–H groups in total. The topological polar surface area (TPSA) is 43.4 Å². The second-order valence-corrected chi connectivity index (χ2v) is 5.39. The monoisotopic (exact) mass is 306 g/mol. The summed E-state index contributed by atoms with van der Waals surface area (Å²) in [6.45, 7) is -0.394. The molecule has 0 saturated carbocycles. The Bertz CT molecular complexity index is 460. The van der Waals surface area contributed by atoms with Crippen LogP contribution in [0.1, 0.15) is 12.5 Å². The molecule has 1 rings (SSSR count). The molecule has 1 atom stereocenters. The molecule has 110 valence electrons. The highest BCUT2D eigenvalue weighted by atomic mass is 32.2. The second kappa shape index (κ2) is 7.33. The first-order valence-corrected chi connectivity index (χ1v) is 6.60. The molecule has 0 aliphatic heterocycles. The van der Waals surface area contributed by atoms with E-state index in [1.54, 1.807) is 30.3 Å². The summed E-state index contributed by atoms with van der Waals surface area (Å²) in [6, 6.07) is 8.71. The van der Waals surface area contributed by atoms with Crippen LogP contribution in [-0.4, -0.2) is 29.1 Å². The van der Waals surface area contributed by atoms with Gasteiger partial charge >= 0.3 is 12.1 Å². The predicted molar refractivity (Wildman–Crippen MR) is 69.2 cm³/mol. The van der Waals surface area contributed by atoms with E-state index in [4.69, 9.17) is 0 Å². The van der Waals surface area contributed by atoms with E-state index in [1.807, 2.05) is 0 Å². The normalized spacial score (nSPS) is 12.8. The fourth-order valence-electron chi connectivity index (χ4n) is 1.45. The molecule has 0 saturated heterocycles. The zero-order chi connectivity index (χ0) is 15.2. The maximum Gasteiger partial charge on any atom is 0.422 e. The van der Waals surface area contributed by atoms with E-state index in [9.17, 15) is 22.8 Å². The van der Waals surface area contributed by atoms with Crippen molar-refractivity contribution in [3.05, 3.63) is 35.9 Å². The molecule has 7 heteroatoms. The lowest BCUT2D eigenvalue weighted by molar-refractivity contribution is -0.185. The summed E-state index contributed by atoms with van der Waals surface area (Å²) in [5, 5.41) is -1.33. The third-order valence-corrected chi connectivity index (χ3v) is 3.19. The Morgan fingerprint density at radius 1 is 1.25 bits per heavy atom. The summed E-state index contributed by atoms with van der Waals surface area (Å²) in [4.78, 5) is 22.7. The van der Waals surface area contributed by atoms with Gasteiger partial charge in [0, 0.05) is 6.92 Å². The van der Waals surface area contributed by atoms with Gasteiger partial charge < -0.3 is 4.74 Å². The highest BCUT2D eigenvalue weighted by Gasteiger charge is 2.32. The molecule has 0 bridgehead atoms. The number of carbonyl (C=O) groups excluding carboxylic acids is 2. The average molecular weight is 306 g/mol. The lowest BCUT2D eigenvalue weighted by Gasteiger charge is -2.15. The number of alkyl halides is 3. The molecular formula is C13H13F3O3S. The van der Waals surface area contributed by atoms with Crippen LogP contribution in [0.3, 0.4) is 0 Å². The Morgan fingerprint density at radius 2 is 1.85 bits per heavy atom. The predicted octanol–water partition coefficient (Wildman–Crippen LogP) is 2.98. The van der Waals surface area contributed by atoms with Crippen molar-refractivity contribution in [1.29, 1.82) is 0 Å². The third kappa shape index (κ3) is 6.60. The third-order valence-electron chi connectivity index (χ3n) is 2.21. The largest absolute Gasteiger partial charge is 0.455 e. The zero-order valence-corrected chi connectivity index (χ0v) is 11.5. The van der Waals surface area contributed by atoms with Gasteiger partial charge in [-0.15, -0.1) is 0 Å². The van der Waals surface area contributed by atoms with E-state index in [1.165, 1.54) is 6.92 Å². The number of ether oxygens (including phenoxy) is 1. The lowest BCUT2D eigenvalue weighted by atomic mass is 10.1. The Hall–Kier alpha value is -1.50. The van der Waals surface area contributed by atoms with Crippen molar-refractivity contribution >= 4 is 22.8 Å². The van der Waals surface area contributed by atoms with E-state index in [0.29, 0.717) is 11.8 Å². The maximum absolute atomic E-state index is 12.0. The molecule has 1 aromatic rings. The van der Waals surface area contributed by atoms with Crippen LogP contribution in [0.5, 0.6) is 0 Å². The van der Waals surface area contributed by atoms with Crippen LogP contribution >= 0.6 is 11.8 Å². The number of halogens is 3. The summed E-state index contributed by atoms with van der Waals surface area (Å²) in [5.74, 6) is -1.04. The van der Waals surface area contributed by atoms with Crippen LogP contribution in [0.4, 0.5) is 13.2 Å². The minimum Gasteiger partial charge on any atom is -0.455 e. The average Bonchev–Trinajstić information content (AvgIpc) is 2.35. The van der Waals surface area contributed by atoms with Crippen LogP contribution < -0.4 is 0 Å². The molecule has 3 nitrogen and oxygen atoms in total. The SMILES string of the molecule is CC(=O)S[C@H](Cc1ccccc1)C(=O)OCC(F)(F)F. The van der Waals surface area contributed by atoms with Crippen molar-refractivity contribution in [2.45, 2.75) is 24.8 Å². The molecule has 20 heavy (non-hydrogen) atoms. The van der Waals surface area contributed by atoms with Crippen molar-refractivity contribution in [3.8, 4) is 0 Å². The van der Waals surface area contributed by atoms with Crippen LogP contribution in [0.2, 0.25) is 0 Å². The second-order valence-electron chi connectivity index (χ2n) is 4.01. The van der Waals surface area contributed by atoms with E-state index in [2.05, 4.69) is 4.74 Å². The molecule has 0 fully saturated rings. The molecule has 1 aromatic carbocycles. The number of thioether (sulfide) groups is 1. The Morgan fingerprint density at radius 3 is 2.35 bits per heavy atom. The van der Waals surface area contributed by atoms with Crippen LogP contribution in [-0.2, 0) is 20.7 Å². The molecule has 0 spiro atoms. The zero-order valence-electron chi connectivity index (χ0n) is 10.6. The van der Waals surface area contributed by atoms with Gasteiger partial charge in [-0.2, -0.15) is 13.2 Å². The Balaban J connectivity index is 2.68. The Labute approximate surface area is 118 Å². The number of carbonyl (C=O) groups is 2. The number of benzene rings is 1. The first-order chi connectivity index (χ1) is 9.28. The van der Waals surface area contributed by atoms with Gasteiger partial charge in [0.25, 0.3) is 0 Å². The summed E-state index contributed by atoms with van der Waals surface area (Å²) in [6.07, 6.45) is -4.43. The molecule has 0 aliphatic carbocycles. The summed E-state index contributed by atoms with van der Waals surface area (Å²) >= 11 is 0.672. The highest BCUT2D eigenvalue weighted by Crippen LogP contribution is 2.21.